The highest BCUT2D eigenvalue weighted by molar-refractivity contribution is 5.85. The van der Waals surface area contributed by atoms with Crippen molar-refractivity contribution < 1.29 is 24.2 Å². The van der Waals surface area contributed by atoms with E-state index in [1.54, 1.807) is 13.2 Å². The lowest BCUT2D eigenvalue weighted by molar-refractivity contribution is -0.150. The third kappa shape index (κ3) is 3.54. The fourth-order valence-corrected chi connectivity index (χ4v) is 4.20. The molecular weight excluding hydrogens is 334 g/mol. The lowest BCUT2D eigenvalue weighted by atomic mass is 9.94. The van der Waals surface area contributed by atoms with E-state index in [4.69, 9.17) is 9.47 Å². The number of carboxylic acids is 1. The number of fused-ring (bicyclic) bond motifs is 1. The van der Waals surface area contributed by atoms with Crippen LogP contribution in [0.25, 0.3) is 6.08 Å². The number of rotatable bonds is 6. The molecule has 6 nitrogen and oxygen atoms in total. The summed E-state index contributed by atoms with van der Waals surface area (Å²) in [5, 5.41) is 9.57. The summed E-state index contributed by atoms with van der Waals surface area (Å²) in [6.07, 6.45) is 6.80. The topological polar surface area (TPSA) is 76.1 Å². The average molecular weight is 359 g/mol. The Labute approximate surface area is 153 Å². The van der Waals surface area contributed by atoms with Gasteiger partial charge in [-0.15, -0.1) is 0 Å². The third-order valence-electron chi connectivity index (χ3n) is 5.36. The van der Waals surface area contributed by atoms with E-state index >= 15 is 0 Å². The number of methoxy groups -OCH3 is 1. The van der Waals surface area contributed by atoms with Crippen LogP contribution < -0.4 is 9.47 Å². The average Bonchev–Trinajstić information content (AvgIpc) is 3.21. The van der Waals surface area contributed by atoms with E-state index in [0.29, 0.717) is 24.0 Å². The molecule has 1 saturated carbocycles. The second-order valence-corrected chi connectivity index (χ2v) is 6.88. The van der Waals surface area contributed by atoms with Gasteiger partial charge in [-0.25, -0.2) is 4.79 Å². The van der Waals surface area contributed by atoms with E-state index in [0.717, 1.165) is 24.8 Å². The largest absolute Gasteiger partial charge is 0.493 e. The Balaban J connectivity index is 1.68. The highest BCUT2D eigenvalue weighted by Gasteiger charge is 2.49. The maximum absolute atomic E-state index is 12.6. The van der Waals surface area contributed by atoms with Gasteiger partial charge in [-0.3, -0.25) is 4.79 Å². The van der Waals surface area contributed by atoms with Crippen molar-refractivity contribution in [1.82, 2.24) is 4.90 Å². The first-order valence-corrected chi connectivity index (χ1v) is 9.01. The number of carbonyl (C=O) groups is 2. The van der Waals surface area contributed by atoms with E-state index in [-0.39, 0.29) is 18.4 Å². The van der Waals surface area contributed by atoms with Crippen molar-refractivity contribution in [3.63, 3.8) is 0 Å². The molecule has 0 radical (unpaired) electrons. The van der Waals surface area contributed by atoms with Gasteiger partial charge in [-0.1, -0.05) is 24.6 Å². The highest BCUT2D eigenvalue weighted by Crippen LogP contribution is 2.42. The number of benzene rings is 1. The Bertz CT molecular complexity index is 714. The molecule has 0 spiro atoms. The summed E-state index contributed by atoms with van der Waals surface area (Å²) in [5.41, 5.74) is 0.973. The molecule has 6 heteroatoms. The van der Waals surface area contributed by atoms with Gasteiger partial charge in [0.1, 0.15) is 6.04 Å². The Morgan fingerprint density at radius 3 is 2.81 bits per heavy atom. The molecule has 26 heavy (non-hydrogen) atoms. The molecule has 3 rings (SSSR count). The van der Waals surface area contributed by atoms with Crippen molar-refractivity contribution in [2.75, 3.05) is 20.3 Å². The van der Waals surface area contributed by atoms with Gasteiger partial charge in [0.15, 0.2) is 18.1 Å². The van der Waals surface area contributed by atoms with Crippen LogP contribution in [0.15, 0.2) is 24.3 Å². The first-order valence-electron chi connectivity index (χ1n) is 9.01. The van der Waals surface area contributed by atoms with Gasteiger partial charge in [-0.05, 0) is 49.3 Å². The van der Waals surface area contributed by atoms with Gasteiger partial charge < -0.3 is 19.5 Å². The first kappa shape index (κ1) is 18.3. The lowest BCUT2D eigenvalue weighted by Crippen LogP contribution is -2.45. The molecule has 1 aromatic carbocycles. The van der Waals surface area contributed by atoms with E-state index in [1.165, 1.54) is 4.90 Å². The number of carbonyl (C=O) groups excluding carboxylic acids is 1. The SMILES string of the molecule is C/C=C/c1ccc(OCC(=O)N2CC3CCCC3C2C(=O)O)c(OC)c1. The predicted molar refractivity (Wildman–Crippen MR) is 97.2 cm³/mol. The van der Waals surface area contributed by atoms with E-state index in [9.17, 15) is 14.7 Å². The highest BCUT2D eigenvalue weighted by atomic mass is 16.5. The molecule has 1 aliphatic carbocycles. The van der Waals surface area contributed by atoms with Crippen LogP contribution >= 0.6 is 0 Å². The van der Waals surface area contributed by atoms with Crippen molar-refractivity contribution in [2.24, 2.45) is 11.8 Å². The summed E-state index contributed by atoms with van der Waals surface area (Å²) >= 11 is 0. The number of aliphatic carboxylic acids is 1. The quantitative estimate of drug-likeness (QED) is 0.845. The second-order valence-electron chi connectivity index (χ2n) is 6.88. The number of ether oxygens (including phenoxy) is 2. The molecule has 3 atom stereocenters. The van der Waals surface area contributed by atoms with Gasteiger partial charge in [0.25, 0.3) is 5.91 Å². The maximum Gasteiger partial charge on any atom is 0.326 e. The van der Waals surface area contributed by atoms with Crippen LogP contribution in [-0.2, 0) is 9.59 Å². The van der Waals surface area contributed by atoms with Crippen molar-refractivity contribution in [3.8, 4) is 11.5 Å². The molecule has 2 aliphatic rings. The molecule has 1 saturated heterocycles. The van der Waals surface area contributed by atoms with Crippen molar-refractivity contribution in [1.29, 1.82) is 0 Å². The van der Waals surface area contributed by atoms with Crippen LogP contribution in [0.4, 0.5) is 0 Å². The zero-order valence-corrected chi connectivity index (χ0v) is 15.2. The minimum Gasteiger partial charge on any atom is -0.493 e. The van der Waals surface area contributed by atoms with Crippen molar-refractivity contribution >= 4 is 18.0 Å². The number of likely N-dealkylation sites (tertiary alicyclic amines) is 1. The van der Waals surface area contributed by atoms with Crippen LogP contribution in [0, 0.1) is 11.8 Å². The van der Waals surface area contributed by atoms with Gasteiger partial charge in [0, 0.05) is 6.54 Å². The minimum absolute atomic E-state index is 0.0751. The zero-order chi connectivity index (χ0) is 18.7. The molecule has 1 heterocycles. The normalized spacial score (nSPS) is 24.7. The van der Waals surface area contributed by atoms with Gasteiger partial charge in [0.2, 0.25) is 0 Å². The lowest BCUT2D eigenvalue weighted by Gasteiger charge is -2.24. The number of hydrogen-bond donors (Lipinski definition) is 1. The monoisotopic (exact) mass is 359 g/mol. The molecule has 1 N–H and O–H groups in total. The Morgan fingerprint density at radius 2 is 2.12 bits per heavy atom. The molecule has 1 amide bonds. The standard InChI is InChI=1S/C20H25NO5/c1-3-5-13-8-9-16(17(10-13)25-2)26-12-18(22)21-11-14-6-4-7-15(14)19(21)20(23)24/h3,5,8-10,14-15,19H,4,6-7,11-12H2,1-2H3,(H,23,24)/b5-3+. The maximum atomic E-state index is 12.6. The molecule has 0 aromatic heterocycles. The fraction of sp³-hybridized carbons (Fsp3) is 0.500. The van der Waals surface area contributed by atoms with Crippen LogP contribution in [0.3, 0.4) is 0 Å². The third-order valence-corrected chi connectivity index (χ3v) is 5.36. The fourth-order valence-electron chi connectivity index (χ4n) is 4.20. The molecule has 3 unspecified atom stereocenters. The smallest absolute Gasteiger partial charge is 0.326 e. The summed E-state index contributed by atoms with van der Waals surface area (Å²) in [6, 6.07) is 4.75. The van der Waals surface area contributed by atoms with Crippen molar-refractivity contribution in [3.05, 3.63) is 29.8 Å². The van der Waals surface area contributed by atoms with Crippen LogP contribution in [0.5, 0.6) is 11.5 Å². The molecule has 0 bridgehead atoms. The minimum atomic E-state index is -0.916. The first-order chi connectivity index (χ1) is 12.5. The van der Waals surface area contributed by atoms with Gasteiger partial charge >= 0.3 is 5.97 Å². The molecular formula is C20H25NO5. The molecule has 2 fully saturated rings. The van der Waals surface area contributed by atoms with Crippen LogP contribution in [0.1, 0.15) is 31.7 Å². The molecule has 1 aliphatic heterocycles. The van der Waals surface area contributed by atoms with Crippen molar-refractivity contribution in [2.45, 2.75) is 32.2 Å². The number of allylic oxidation sites excluding steroid dienone is 1. The number of amides is 1. The molecule has 140 valence electrons. The van der Waals surface area contributed by atoms with Gasteiger partial charge in [0.05, 0.1) is 7.11 Å². The van der Waals surface area contributed by atoms with Crippen LogP contribution in [0.2, 0.25) is 0 Å². The van der Waals surface area contributed by atoms with E-state index in [1.807, 2.05) is 31.2 Å². The van der Waals surface area contributed by atoms with E-state index in [2.05, 4.69) is 0 Å². The zero-order valence-electron chi connectivity index (χ0n) is 15.2. The van der Waals surface area contributed by atoms with E-state index < -0.39 is 12.0 Å². The summed E-state index contributed by atoms with van der Waals surface area (Å²) in [7, 11) is 1.55. The Hall–Kier alpha value is -2.50. The summed E-state index contributed by atoms with van der Waals surface area (Å²) in [6.45, 7) is 2.25. The Kier molecular flexibility index (Phi) is 5.49. The Morgan fingerprint density at radius 1 is 1.31 bits per heavy atom. The number of nitrogens with zero attached hydrogens (tertiary/aromatic N) is 1. The summed E-state index contributed by atoms with van der Waals surface area (Å²) in [5.74, 6) is 0.190. The summed E-state index contributed by atoms with van der Waals surface area (Å²) in [4.78, 5) is 25.8. The second kappa shape index (κ2) is 7.81. The van der Waals surface area contributed by atoms with Gasteiger partial charge in [-0.2, -0.15) is 0 Å². The molecule has 1 aromatic rings. The predicted octanol–water partition coefficient (Wildman–Crippen LogP) is 2.82. The number of carboxylic acid groups (broad SMARTS) is 1. The van der Waals surface area contributed by atoms with Crippen LogP contribution in [-0.4, -0.2) is 48.2 Å². The summed E-state index contributed by atoms with van der Waals surface area (Å²) < 4.78 is 11.0. The number of hydrogen-bond acceptors (Lipinski definition) is 4.